The van der Waals surface area contributed by atoms with Crippen LogP contribution in [0.15, 0.2) is 18.5 Å². The van der Waals surface area contributed by atoms with E-state index in [1.54, 1.807) is 6.20 Å². The van der Waals surface area contributed by atoms with Gasteiger partial charge in [0.2, 0.25) is 5.91 Å². The fourth-order valence-electron chi connectivity index (χ4n) is 4.52. The molecule has 0 radical (unpaired) electrons. The predicted molar refractivity (Wildman–Crippen MR) is 117 cm³/mol. The first-order valence-corrected chi connectivity index (χ1v) is 11.1. The highest BCUT2D eigenvalue weighted by atomic mass is 16.2. The van der Waals surface area contributed by atoms with E-state index in [1.165, 1.54) is 0 Å². The molecule has 30 heavy (non-hydrogen) atoms. The van der Waals surface area contributed by atoms with Crippen molar-refractivity contribution in [2.75, 3.05) is 50.7 Å². The van der Waals surface area contributed by atoms with Gasteiger partial charge in [-0.05, 0) is 45.2 Å². The molecule has 2 aromatic heterocycles. The Kier molecular flexibility index (Phi) is 6.32. The number of piperazine rings is 1. The molecule has 8 nitrogen and oxygen atoms in total. The number of likely N-dealkylation sites (N-methyl/N-ethyl adjacent to an activating group) is 1. The molecule has 0 aliphatic carbocycles. The van der Waals surface area contributed by atoms with E-state index < -0.39 is 0 Å². The SMILES string of the molecule is CCN1CCN(C(=O)CC2CCN(c3cncc(-n4nc(C)cc4C)n3)CC2)CC1. The van der Waals surface area contributed by atoms with Crippen LogP contribution in [-0.2, 0) is 4.79 Å². The fraction of sp³-hybridized carbons (Fsp3) is 0.636. The molecular weight excluding hydrogens is 378 g/mol. The lowest BCUT2D eigenvalue weighted by Gasteiger charge is -2.36. The number of aromatic nitrogens is 4. The minimum absolute atomic E-state index is 0.329. The zero-order chi connectivity index (χ0) is 21.1. The zero-order valence-electron chi connectivity index (χ0n) is 18.4. The Morgan fingerprint density at radius 2 is 1.73 bits per heavy atom. The molecule has 162 valence electrons. The van der Waals surface area contributed by atoms with Crippen molar-refractivity contribution in [2.24, 2.45) is 5.92 Å². The monoisotopic (exact) mass is 411 g/mol. The molecule has 0 bridgehead atoms. The number of rotatable bonds is 5. The molecule has 2 saturated heterocycles. The first kappa shape index (κ1) is 20.8. The van der Waals surface area contributed by atoms with E-state index in [-0.39, 0.29) is 0 Å². The second-order valence-corrected chi connectivity index (χ2v) is 8.52. The van der Waals surface area contributed by atoms with Crippen LogP contribution in [0.3, 0.4) is 0 Å². The van der Waals surface area contributed by atoms with Gasteiger partial charge in [0.05, 0.1) is 18.1 Å². The van der Waals surface area contributed by atoms with Crippen molar-refractivity contribution in [3.63, 3.8) is 0 Å². The summed E-state index contributed by atoms with van der Waals surface area (Å²) in [5, 5.41) is 4.52. The lowest BCUT2D eigenvalue weighted by Crippen LogP contribution is -2.49. The number of piperidine rings is 1. The summed E-state index contributed by atoms with van der Waals surface area (Å²) in [6.07, 6.45) is 6.30. The van der Waals surface area contributed by atoms with E-state index in [1.807, 2.05) is 30.8 Å². The van der Waals surface area contributed by atoms with Crippen LogP contribution < -0.4 is 4.90 Å². The van der Waals surface area contributed by atoms with Crippen molar-refractivity contribution in [1.29, 1.82) is 0 Å². The van der Waals surface area contributed by atoms with Crippen LogP contribution in [0.5, 0.6) is 0 Å². The first-order valence-electron chi connectivity index (χ1n) is 11.1. The third kappa shape index (κ3) is 4.64. The number of hydrogen-bond acceptors (Lipinski definition) is 6. The number of anilines is 1. The Bertz CT molecular complexity index is 864. The summed E-state index contributed by atoms with van der Waals surface area (Å²) in [5.41, 5.74) is 2.03. The van der Waals surface area contributed by atoms with E-state index in [4.69, 9.17) is 4.98 Å². The molecule has 0 saturated carbocycles. The van der Waals surface area contributed by atoms with Crippen LogP contribution in [0, 0.1) is 19.8 Å². The fourth-order valence-corrected chi connectivity index (χ4v) is 4.52. The second-order valence-electron chi connectivity index (χ2n) is 8.52. The van der Waals surface area contributed by atoms with E-state index in [2.05, 4.69) is 31.7 Å². The number of carbonyl (C=O) groups is 1. The summed E-state index contributed by atoms with van der Waals surface area (Å²) in [6.45, 7) is 12.9. The van der Waals surface area contributed by atoms with Crippen molar-refractivity contribution in [1.82, 2.24) is 29.5 Å². The van der Waals surface area contributed by atoms with E-state index >= 15 is 0 Å². The third-order valence-corrected chi connectivity index (χ3v) is 6.41. The largest absolute Gasteiger partial charge is 0.355 e. The summed E-state index contributed by atoms with van der Waals surface area (Å²) in [4.78, 5) is 28.7. The summed E-state index contributed by atoms with van der Waals surface area (Å²) in [7, 11) is 0. The highest BCUT2D eigenvalue weighted by Gasteiger charge is 2.26. The van der Waals surface area contributed by atoms with Gasteiger partial charge < -0.3 is 14.7 Å². The summed E-state index contributed by atoms with van der Waals surface area (Å²) in [6, 6.07) is 2.04. The Morgan fingerprint density at radius 3 is 2.37 bits per heavy atom. The molecule has 1 amide bonds. The zero-order valence-corrected chi connectivity index (χ0v) is 18.4. The molecule has 2 aliphatic rings. The average molecular weight is 412 g/mol. The number of nitrogens with zero attached hydrogens (tertiary/aromatic N) is 7. The van der Waals surface area contributed by atoms with Gasteiger partial charge in [-0.25, -0.2) is 9.67 Å². The molecular formula is C22H33N7O. The van der Waals surface area contributed by atoms with Gasteiger partial charge in [-0.3, -0.25) is 9.78 Å². The third-order valence-electron chi connectivity index (χ3n) is 6.41. The summed E-state index contributed by atoms with van der Waals surface area (Å²) >= 11 is 0. The van der Waals surface area contributed by atoms with Gasteiger partial charge in [0.25, 0.3) is 0 Å². The Hall–Kier alpha value is -2.48. The topological polar surface area (TPSA) is 70.4 Å². The molecule has 2 aliphatic heterocycles. The standard InChI is InChI=1S/C22H33N7O/c1-4-26-9-11-28(12-10-26)22(30)14-19-5-7-27(8-6-19)20-15-23-16-21(24-20)29-18(3)13-17(2)25-29/h13,15-16,19H,4-12,14H2,1-3H3. The Morgan fingerprint density at radius 1 is 1.03 bits per heavy atom. The number of hydrogen-bond donors (Lipinski definition) is 0. The van der Waals surface area contributed by atoms with Gasteiger partial charge in [-0.15, -0.1) is 0 Å². The molecule has 2 aromatic rings. The van der Waals surface area contributed by atoms with Gasteiger partial charge in [0, 0.05) is 51.4 Å². The highest BCUT2D eigenvalue weighted by molar-refractivity contribution is 5.76. The summed E-state index contributed by atoms with van der Waals surface area (Å²) < 4.78 is 1.84. The molecule has 2 fully saturated rings. The number of carbonyl (C=O) groups excluding carboxylic acids is 1. The number of amides is 1. The highest BCUT2D eigenvalue weighted by Crippen LogP contribution is 2.25. The normalized spacial score (nSPS) is 18.8. The minimum Gasteiger partial charge on any atom is -0.355 e. The summed E-state index contributed by atoms with van der Waals surface area (Å²) in [5.74, 6) is 2.43. The van der Waals surface area contributed by atoms with Crippen LogP contribution in [-0.4, -0.2) is 81.3 Å². The quantitative estimate of drug-likeness (QED) is 0.750. The van der Waals surface area contributed by atoms with Gasteiger partial charge in [-0.1, -0.05) is 6.92 Å². The van der Waals surface area contributed by atoms with E-state index in [0.717, 1.165) is 81.7 Å². The maximum Gasteiger partial charge on any atom is 0.222 e. The van der Waals surface area contributed by atoms with Crippen LogP contribution in [0.25, 0.3) is 5.82 Å². The van der Waals surface area contributed by atoms with Crippen LogP contribution in [0.1, 0.15) is 37.6 Å². The lowest BCUT2D eigenvalue weighted by molar-refractivity contribution is -0.134. The Labute approximate surface area is 178 Å². The first-order chi connectivity index (χ1) is 14.5. The van der Waals surface area contributed by atoms with Crippen molar-refractivity contribution in [2.45, 2.75) is 40.0 Å². The average Bonchev–Trinajstić information content (AvgIpc) is 3.12. The second kappa shape index (κ2) is 9.12. The smallest absolute Gasteiger partial charge is 0.222 e. The van der Waals surface area contributed by atoms with Crippen molar-refractivity contribution in [3.8, 4) is 5.82 Å². The molecule has 4 heterocycles. The Balaban J connectivity index is 1.31. The molecule has 0 unspecified atom stereocenters. The van der Waals surface area contributed by atoms with Gasteiger partial charge in [0.15, 0.2) is 5.82 Å². The van der Waals surface area contributed by atoms with E-state index in [0.29, 0.717) is 18.2 Å². The molecule has 8 heteroatoms. The predicted octanol–water partition coefficient (Wildman–Crippen LogP) is 2.05. The maximum atomic E-state index is 12.7. The van der Waals surface area contributed by atoms with Crippen LogP contribution in [0.2, 0.25) is 0 Å². The molecule has 0 spiro atoms. The maximum absolute atomic E-state index is 12.7. The van der Waals surface area contributed by atoms with Gasteiger partial charge in [-0.2, -0.15) is 5.10 Å². The molecule has 4 rings (SSSR count). The van der Waals surface area contributed by atoms with Crippen molar-refractivity contribution in [3.05, 3.63) is 29.8 Å². The van der Waals surface area contributed by atoms with Crippen molar-refractivity contribution < 1.29 is 4.79 Å². The van der Waals surface area contributed by atoms with E-state index in [9.17, 15) is 4.79 Å². The minimum atomic E-state index is 0.329. The number of aryl methyl sites for hydroxylation is 2. The van der Waals surface area contributed by atoms with Crippen molar-refractivity contribution >= 4 is 11.7 Å². The van der Waals surface area contributed by atoms with Gasteiger partial charge >= 0.3 is 0 Å². The van der Waals surface area contributed by atoms with Crippen LogP contribution in [0.4, 0.5) is 5.82 Å². The van der Waals surface area contributed by atoms with Gasteiger partial charge in [0.1, 0.15) is 5.82 Å². The lowest BCUT2D eigenvalue weighted by atomic mass is 9.93. The molecule has 0 atom stereocenters. The molecule has 0 N–H and O–H groups in total. The molecule has 0 aromatic carbocycles. The van der Waals surface area contributed by atoms with Crippen LogP contribution >= 0.6 is 0 Å².